The van der Waals surface area contributed by atoms with Crippen molar-refractivity contribution >= 4 is 5.82 Å². The Morgan fingerprint density at radius 2 is 1.95 bits per heavy atom. The van der Waals surface area contributed by atoms with Crippen LogP contribution in [-0.4, -0.2) is 59.9 Å². The molecule has 2 rings (SSSR count). The van der Waals surface area contributed by atoms with E-state index in [1.54, 1.807) is 12.4 Å². The van der Waals surface area contributed by atoms with Gasteiger partial charge in [0, 0.05) is 38.1 Å². The topological polar surface area (TPSA) is 59.5 Å². The van der Waals surface area contributed by atoms with E-state index in [1.807, 2.05) is 13.8 Å². The van der Waals surface area contributed by atoms with E-state index in [1.165, 1.54) is 0 Å². The van der Waals surface area contributed by atoms with Crippen molar-refractivity contribution in [2.75, 3.05) is 38.2 Å². The molecule has 1 atom stereocenters. The maximum absolute atomic E-state index is 5.67. The van der Waals surface area contributed by atoms with Gasteiger partial charge in [-0.2, -0.15) is 0 Å². The van der Waals surface area contributed by atoms with Crippen molar-refractivity contribution in [3.05, 3.63) is 12.4 Å². The van der Waals surface area contributed by atoms with Crippen LogP contribution in [0.1, 0.15) is 20.8 Å². The highest BCUT2D eigenvalue weighted by Gasteiger charge is 2.16. The lowest BCUT2D eigenvalue weighted by Crippen LogP contribution is -2.42. The molecular formula is C14H24N4O2. The van der Waals surface area contributed by atoms with Gasteiger partial charge in [-0.1, -0.05) is 0 Å². The van der Waals surface area contributed by atoms with Gasteiger partial charge in [-0.25, -0.2) is 9.97 Å². The van der Waals surface area contributed by atoms with E-state index in [0.29, 0.717) is 11.7 Å². The van der Waals surface area contributed by atoms with E-state index in [2.05, 4.69) is 27.1 Å². The molecule has 0 amide bonds. The van der Waals surface area contributed by atoms with E-state index in [4.69, 9.17) is 9.47 Å². The van der Waals surface area contributed by atoms with E-state index >= 15 is 0 Å². The Bertz CT molecular complexity index is 408. The van der Waals surface area contributed by atoms with Gasteiger partial charge in [0.1, 0.15) is 0 Å². The lowest BCUT2D eigenvalue weighted by molar-refractivity contribution is 0.0367. The zero-order valence-electron chi connectivity index (χ0n) is 12.5. The van der Waals surface area contributed by atoms with Crippen molar-refractivity contribution in [1.82, 2.24) is 14.9 Å². The second kappa shape index (κ2) is 7.40. The van der Waals surface area contributed by atoms with Gasteiger partial charge in [0.2, 0.25) is 0 Å². The smallest absolute Gasteiger partial charge is 0.257 e. The van der Waals surface area contributed by atoms with E-state index in [0.717, 1.165) is 32.8 Å². The zero-order valence-corrected chi connectivity index (χ0v) is 12.5. The molecule has 2 heterocycles. The van der Waals surface area contributed by atoms with Gasteiger partial charge in [0.15, 0.2) is 5.82 Å². The highest BCUT2D eigenvalue weighted by Crippen LogP contribution is 2.19. The molecule has 1 N–H and O–H groups in total. The minimum atomic E-state index is 0.0850. The Morgan fingerprint density at radius 1 is 1.25 bits per heavy atom. The highest BCUT2D eigenvalue weighted by atomic mass is 16.5. The Labute approximate surface area is 120 Å². The second-order valence-electron chi connectivity index (χ2n) is 5.34. The lowest BCUT2D eigenvalue weighted by atomic mass is 10.3. The molecule has 1 fully saturated rings. The quantitative estimate of drug-likeness (QED) is 0.850. The summed E-state index contributed by atoms with van der Waals surface area (Å²) in [5, 5.41) is 3.38. The summed E-state index contributed by atoms with van der Waals surface area (Å²) in [7, 11) is 0. The predicted octanol–water partition coefficient (Wildman–Crippen LogP) is 1.40. The van der Waals surface area contributed by atoms with Gasteiger partial charge in [-0.15, -0.1) is 0 Å². The largest absolute Gasteiger partial charge is 0.472 e. The van der Waals surface area contributed by atoms with Crippen LogP contribution in [0.4, 0.5) is 5.82 Å². The fourth-order valence-corrected chi connectivity index (χ4v) is 2.18. The van der Waals surface area contributed by atoms with Crippen molar-refractivity contribution in [2.24, 2.45) is 0 Å². The summed E-state index contributed by atoms with van der Waals surface area (Å²) in [5.74, 6) is 1.28. The van der Waals surface area contributed by atoms with Crippen LogP contribution in [0.25, 0.3) is 0 Å². The fourth-order valence-electron chi connectivity index (χ4n) is 2.18. The molecule has 0 aliphatic carbocycles. The number of rotatable bonds is 6. The molecule has 1 aromatic rings. The number of aromatic nitrogens is 2. The molecule has 6 heteroatoms. The van der Waals surface area contributed by atoms with Crippen LogP contribution < -0.4 is 10.1 Å². The van der Waals surface area contributed by atoms with Crippen molar-refractivity contribution in [2.45, 2.75) is 32.9 Å². The molecule has 0 radical (unpaired) electrons. The van der Waals surface area contributed by atoms with Gasteiger partial charge < -0.3 is 14.8 Å². The Kier molecular flexibility index (Phi) is 5.55. The molecule has 0 bridgehead atoms. The zero-order chi connectivity index (χ0) is 14.4. The maximum atomic E-state index is 5.67. The first-order valence-corrected chi connectivity index (χ1v) is 7.19. The first kappa shape index (κ1) is 15.0. The third kappa shape index (κ3) is 4.61. The van der Waals surface area contributed by atoms with Crippen LogP contribution >= 0.6 is 0 Å². The molecule has 112 valence electrons. The van der Waals surface area contributed by atoms with Crippen LogP contribution in [0.2, 0.25) is 0 Å². The maximum Gasteiger partial charge on any atom is 0.257 e. The monoisotopic (exact) mass is 280 g/mol. The van der Waals surface area contributed by atoms with Crippen LogP contribution in [0.5, 0.6) is 5.88 Å². The van der Waals surface area contributed by atoms with Crippen molar-refractivity contribution in [3.8, 4) is 5.88 Å². The first-order valence-electron chi connectivity index (χ1n) is 7.19. The van der Waals surface area contributed by atoms with Gasteiger partial charge in [-0.05, 0) is 20.8 Å². The van der Waals surface area contributed by atoms with E-state index in [-0.39, 0.29) is 12.1 Å². The summed E-state index contributed by atoms with van der Waals surface area (Å²) in [6, 6.07) is 0.277. The minimum absolute atomic E-state index is 0.0850. The lowest BCUT2D eigenvalue weighted by Gasteiger charge is -2.29. The van der Waals surface area contributed by atoms with E-state index < -0.39 is 0 Å². The molecule has 1 aromatic heterocycles. The number of hydrogen-bond donors (Lipinski definition) is 1. The molecular weight excluding hydrogens is 256 g/mol. The number of nitrogens with zero attached hydrogens (tertiary/aromatic N) is 3. The van der Waals surface area contributed by atoms with Crippen LogP contribution in [0.15, 0.2) is 12.4 Å². The number of morpholine rings is 1. The Hall–Kier alpha value is -1.40. The SMILES string of the molecule is CC(CN1CCOCC1)Nc1nccnc1OC(C)C. The summed E-state index contributed by atoms with van der Waals surface area (Å²) in [6.07, 6.45) is 3.41. The Balaban J connectivity index is 1.91. The number of nitrogens with one attached hydrogen (secondary N) is 1. The van der Waals surface area contributed by atoms with Gasteiger partial charge >= 0.3 is 0 Å². The third-order valence-electron chi connectivity index (χ3n) is 3.03. The molecule has 0 aromatic carbocycles. The summed E-state index contributed by atoms with van der Waals surface area (Å²) >= 11 is 0. The molecule has 1 saturated heterocycles. The summed E-state index contributed by atoms with van der Waals surface area (Å²) in [5.41, 5.74) is 0. The molecule has 0 saturated carbocycles. The second-order valence-corrected chi connectivity index (χ2v) is 5.34. The normalized spacial score (nSPS) is 18.0. The van der Waals surface area contributed by atoms with Crippen LogP contribution in [-0.2, 0) is 4.74 Å². The van der Waals surface area contributed by atoms with Crippen molar-refractivity contribution in [1.29, 1.82) is 0 Å². The number of hydrogen-bond acceptors (Lipinski definition) is 6. The molecule has 6 nitrogen and oxygen atoms in total. The number of ether oxygens (including phenoxy) is 2. The average Bonchev–Trinajstić information content (AvgIpc) is 2.41. The molecule has 20 heavy (non-hydrogen) atoms. The van der Waals surface area contributed by atoms with Crippen molar-refractivity contribution in [3.63, 3.8) is 0 Å². The van der Waals surface area contributed by atoms with Crippen LogP contribution in [0.3, 0.4) is 0 Å². The van der Waals surface area contributed by atoms with Gasteiger partial charge in [0.05, 0.1) is 19.3 Å². The average molecular weight is 280 g/mol. The highest BCUT2D eigenvalue weighted by molar-refractivity contribution is 5.45. The molecule has 1 aliphatic rings. The first-order chi connectivity index (χ1) is 9.65. The van der Waals surface area contributed by atoms with Crippen LogP contribution in [0, 0.1) is 0 Å². The number of anilines is 1. The summed E-state index contributed by atoms with van der Waals surface area (Å²) < 4.78 is 11.0. The predicted molar refractivity (Wildman–Crippen MR) is 78.1 cm³/mol. The van der Waals surface area contributed by atoms with Gasteiger partial charge in [0.25, 0.3) is 5.88 Å². The fraction of sp³-hybridized carbons (Fsp3) is 0.714. The van der Waals surface area contributed by atoms with E-state index in [9.17, 15) is 0 Å². The molecule has 0 spiro atoms. The summed E-state index contributed by atoms with van der Waals surface area (Å²) in [4.78, 5) is 11.0. The third-order valence-corrected chi connectivity index (χ3v) is 3.03. The van der Waals surface area contributed by atoms with Crippen molar-refractivity contribution < 1.29 is 9.47 Å². The minimum Gasteiger partial charge on any atom is -0.472 e. The Morgan fingerprint density at radius 3 is 2.65 bits per heavy atom. The standard InChI is InChI=1S/C14H24N4O2/c1-11(2)20-14-13(15-4-5-16-14)17-12(3)10-18-6-8-19-9-7-18/h4-5,11-12H,6-10H2,1-3H3,(H,15,17). The summed E-state index contributed by atoms with van der Waals surface area (Å²) in [6.45, 7) is 10.7. The molecule has 1 aliphatic heterocycles. The molecule has 1 unspecified atom stereocenters. The van der Waals surface area contributed by atoms with Gasteiger partial charge in [-0.3, -0.25) is 4.90 Å².